The molecule has 3 heteroatoms. The van der Waals surface area contributed by atoms with E-state index in [1.165, 1.54) is 19.3 Å². The Bertz CT molecular complexity index is 561. The Balaban J connectivity index is 1.86. The van der Waals surface area contributed by atoms with E-state index in [-0.39, 0.29) is 5.78 Å². The van der Waals surface area contributed by atoms with E-state index in [2.05, 4.69) is 9.97 Å². The highest BCUT2D eigenvalue weighted by Crippen LogP contribution is 2.30. The number of rotatable bonds is 3. The average molecular weight is 226 g/mol. The SMILES string of the molecule is O=C(CC1CCC1)c1cnc2ccccc2n1. The van der Waals surface area contributed by atoms with Crippen molar-refractivity contribution in [2.45, 2.75) is 25.7 Å². The summed E-state index contributed by atoms with van der Waals surface area (Å²) in [5, 5.41) is 0. The predicted molar refractivity (Wildman–Crippen MR) is 65.8 cm³/mol. The van der Waals surface area contributed by atoms with Gasteiger partial charge in [0.1, 0.15) is 5.69 Å². The standard InChI is InChI=1S/C14H14N2O/c17-14(8-10-4-3-5-10)13-9-15-11-6-1-2-7-12(11)16-13/h1-2,6-7,9-10H,3-5,8H2. The van der Waals surface area contributed by atoms with Gasteiger partial charge in [-0.05, 0) is 18.1 Å². The molecular weight excluding hydrogens is 212 g/mol. The minimum absolute atomic E-state index is 0.132. The van der Waals surface area contributed by atoms with Gasteiger partial charge >= 0.3 is 0 Å². The molecule has 3 rings (SSSR count). The van der Waals surface area contributed by atoms with Crippen LogP contribution in [-0.4, -0.2) is 15.8 Å². The van der Waals surface area contributed by atoms with Crippen molar-refractivity contribution in [2.24, 2.45) is 5.92 Å². The molecule has 1 aromatic carbocycles. The van der Waals surface area contributed by atoms with Crippen molar-refractivity contribution >= 4 is 16.8 Å². The summed E-state index contributed by atoms with van der Waals surface area (Å²) in [6, 6.07) is 7.63. The molecule has 1 aromatic heterocycles. The number of carbonyl (C=O) groups excluding carboxylic acids is 1. The van der Waals surface area contributed by atoms with Crippen molar-refractivity contribution in [1.29, 1.82) is 0 Å². The van der Waals surface area contributed by atoms with Crippen LogP contribution in [-0.2, 0) is 0 Å². The Kier molecular flexibility index (Phi) is 2.59. The molecule has 0 spiro atoms. The van der Waals surface area contributed by atoms with Gasteiger partial charge in [-0.25, -0.2) is 4.98 Å². The molecular formula is C14H14N2O. The smallest absolute Gasteiger partial charge is 0.183 e. The molecule has 0 radical (unpaired) electrons. The summed E-state index contributed by atoms with van der Waals surface area (Å²) >= 11 is 0. The van der Waals surface area contributed by atoms with Crippen molar-refractivity contribution in [3.8, 4) is 0 Å². The van der Waals surface area contributed by atoms with Gasteiger partial charge in [0.2, 0.25) is 0 Å². The lowest BCUT2D eigenvalue weighted by Crippen LogP contribution is -2.16. The lowest BCUT2D eigenvalue weighted by molar-refractivity contribution is 0.0931. The topological polar surface area (TPSA) is 42.9 Å². The maximum absolute atomic E-state index is 12.0. The molecule has 1 fully saturated rings. The molecule has 0 N–H and O–H groups in total. The van der Waals surface area contributed by atoms with E-state index in [4.69, 9.17) is 0 Å². The third-order valence-electron chi connectivity index (χ3n) is 3.43. The monoisotopic (exact) mass is 226 g/mol. The Labute approximate surface area is 99.9 Å². The van der Waals surface area contributed by atoms with Gasteiger partial charge in [-0.3, -0.25) is 9.78 Å². The molecule has 86 valence electrons. The lowest BCUT2D eigenvalue weighted by Gasteiger charge is -2.24. The second-order valence-electron chi connectivity index (χ2n) is 4.67. The van der Waals surface area contributed by atoms with Gasteiger partial charge in [-0.15, -0.1) is 0 Å². The van der Waals surface area contributed by atoms with Crippen LogP contribution in [0.1, 0.15) is 36.2 Å². The van der Waals surface area contributed by atoms with E-state index < -0.39 is 0 Å². The highest BCUT2D eigenvalue weighted by atomic mass is 16.1. The highest BCUT2D eigenvalue weighted by Gasteiger charge is 2.22. The number of carbonyl (C=O) groups is 1. The molecule has 0 aliphatic heterocycles. The largest absolute Gasteiger partial charge is 0.292 e. The van der Waals surface area contributed by atoms with Crippen LogP contribution in [0.25, 0.3) is 11.0 Å². The fourth-order valence-electron chi connectivity index (χ4n) is 2.16. The molecule has 0 unspecified atom stereocenters. The molecule has 0 atom stereocenters. The third-order valence-corrected chi connectivity index (χ3v) is 3.43. The number of para-hydroxylation sites is 2. The molecule has 1 saturated carbocycles. The molecule has 2 aromatic rings. The van der Waals surface area contributed by atoms with Gasteiger partial charge in [-0.2, -0.15) is 0 Å². The van der Waals surface area contributed by atoms with E-state index in [9.17, 15) is 4.79 Å². The molecule has 1 aliphatic rings. The zero-order valence-corrected chi connectivity index (χ0v) is 9.60. The van der Waals surface area contributed by atoms with Crippen LogP contribution in [0.3, 0.4) is 0 Å². The van der Waals surface area contributed by atoms with Crippen LogP contribution in [0.2, 0.25) is 0 Å². The van der Waals surface area contributed by atoms with Gasteiger partial charge in [0.25, 0.3) is 0 Å². The number of nitrogens with zero attached hydrogens (tertiary/aromatic N) is 2. The van der Waals surface area contributed by atoms with E-state index in [1.807, 2.05) is 24.3 Å². The fourth-order valence-corrected chi connectivity index (χ4v) is 2.16. The molecule has 0 amide bonds. The van der Waals surface area contributed by atoms with Crippen molar-refractivity contribution in [3.05, 3.63) is 36.2 Å². The first-order valence-electron chi connectivity index (χ1n) is 6.08. The summed E-state index contributed by atoms with van der Waals surface area (Å²) in [5.41, 5.74) is 2.15. The van der Waals surface area contributed by atoms with E-state index >= 15 is 0 Å². The van der Waals surface area contributed by atoms with Crippen molar-refractivity contribution in [2.75, 3.05) is 0 Å². The van der Waals surface area contributed by atoms with Crippen LogP contribution < -0.4 is 0 Å². The van der Waals surface area contributed by atoms with Gasteiger partial charge in [-0.1, -0.05) is 31.4 Å². The molecule has 3 nitrogen and oxygen atoms in total. The van der Waals surface area contributed by atoms with Crippen LogP contribution in [0.5, 0.6) is 0 Å². The van der Waals surface area contributed by atoms with Crippen LogP contribution in [0, 0.1) is 5.92 Å². The van der Waals surface area contributed by atoms with Gasteiger partial charge < -0.3 is 0 Å². The highest BCUT2D eigenvalue weighted by molar-refractivity contribution is 5.95. The zero-order valence-electron chi connectivity index (χ0n) is 9.60. The number of aromatic nitrogens is 2. The first-order valence-corrected chi connectivity index (χ1v) is 6.08. The number of benzene rings is 1. The average Bonchev–Trinajstić information content (AvgIpc) is 2.33. The van der Waals surface area contributed by atoms with E-state index in [0.717, 1.165) is 11.0 Å². The van der Waals surface area contributed by atoms with Gasteiger partial charge in [0.15, 0.2) is 5.78 Å². The van der Waals surface area contributed by atoms with Crippen molar-refractivity contribution < 1.29 is 4.79 Å². The van der Waals surface area contributed by atoms with Gasteiger partial charge in [0, 0.05) is 6.42 Å². The summed E-state index contributed by atoms with van der Waals surface area (Å²) in [7, 11) is 0. The Morgan fingerprint density at radius 3 is 2.71 bits per heavy atom. The minimum Gasteiger partial charge on any atom is -0.292 e. The zero-order chi connectivity index (χ0) is 11.7. The third kappa shape index (κ3) is 2.05. The first kappa shape index (κ1) is 10.4. The normalized spacial score (nSPS) is 15.8. The summed E-state index contributed by atoms with van der Waals surface area (Å²) < 4.78 is 0. The van der Waals surface area contributed by atoms with Crippen molar-refractivity contribution in [1.82, 2.24) is 9.97 Å². The fraction of sp³-hybridized carbons (Fsp3) is 0.357. The lowest BCUT2D eigenvalue weighted by atomic mass is 9.81. The van der Waals surface area contributed by atoms with Crippen LogP contribution in [0.4, 0.5) is 0 Å². The predicted octanol–water partition coefficient (Wildman–Crippen LogP) is 3.00. The molecule has 1 heterocycles. The number of fused-ring (bicyclic) bond motifs is 1. The molecule has 0 bridgehead atoms. The Morgan fingerprint density at radius 1 is 1.24 bits per heavy atom. The minimum atomic E-state index is 0.132. The summed E-state index contributed by atoms with van der Waals surface area (Å²) in [4.78, 5) is 20.6. The van der Waals surface area contributed by atoms with Crippen LogP contribution >= 0.6 is 0 Å². The molecule has 1 aliphatic carbocycles. The Morgan fingerprint density at radius 2 is 2.00 bits per heavy atom. The van der Waals surface area contributed by atoms with Gasteiger partial charge in [0.05, 0.1) is 17.2 Å². The maximum Gasteiger partial charge on any atom is 0.183 e. The summed E-state index contributed by atoms with van der Waals surface area (Å²) in [6.07, 6.45) is 5.87. The quantitative estimate of drug-likeness (QED) is 0.755. The Hall–Kier alpha value is -1.77. The second-order valence-corrected chi connectivity index (χ2v) is 4.67. The summed E-state index contributed by atoms with van der Waals surface area (Å²) in [6.45, 7) is 0. The maximum atomic E-state index is 12.0. The van der Waals surface area contributed by atoms with E-state index in [0.29, 0.717) is 18.0 Å². The summed E-state index contributed by atoms with van der Waals surface area (Å²) in [5.74, 6) is 0.712. The van der Waals surface area contributed by atoms with Crippen molar-refractivity contribution in [3.63, 3.8) is 0 Å². The number of Topliss-reactive ketones (excluding diaryl/α,β-unsaturated/α-hetero) is 1. The first-order chi connectivity index (χ1) is 8.33. The molecule has 0 saturated heterocycles. The van der Waals surface area contributed by atoms with Crippen LogP contribution in [0.15, 0.2) is 30.5 Å². The molecule has 17 heavy (non-hydrogen) atoms. The van der Waals surface area contributed by atoms with E-state index in [1.54, 1.807) is 6.20 Å². The second kappa shape index (κ2) is 4.24. The number of hydrogen-bond donors (Lipinski definition) is 0. The number of ketones is 1. The number of hydrogen-bond acceptors (Lipinski definition) is 3.